The molecule has 1 heterocycles. The number of para-hydroxylation sites is 1. The minimum absolute atomic E-state index is 0.179. The summed E-state index contributed by atoms with van der Waals surface area (Å²) in [5.41, 5.74) is 3.75. The number of benzene rings is 3. The Labute approximate surface area is 183 Å². The van der Waals surface area contributed by atoms with Crippen LogP contribution in [0, 0.1) is 20.8 Å². The van der Waals surface area contributed by atoms with E-state index in [0.29, 0.717) is 34.8 Å². The maximum Gasteiger partial charge on any atom is 0.235 e. The highest BCUT2D eigenvalue weighted by atomic mass is 79.9. The normalized spacial score (nSPS) is 10.9. The number of rotatable bonds is 5. The number of hydrogen-bond acceptors (Lipinski definition) is 4. The maximum atomic E-state index is 13.0. The SMILES string of the molecule is Cc1ccc(C)c(COc2ccc3c(=O)c(Oc4ccccc4Br)c(C)oc3c2)c1. The van der Waals surface area contributed by atoms with Gasteiger partial charge in [-0.2, -0.15) is 0 Å². The summed E-state index contributed by atoms with van der Waals surface area (Å²) < 4.78 is 18.5. The Morgan fingerprint density at radius 2 is 1.77 bits per heavy atom. The molecule has 0 unspecified atom stereocenters. The summed E-state index contributed by atoms with van der Waals surface area (Å²) in [5.74, 6) is 1.79. The number of ether oxygens (including phenoxy) is 2. The molecule has 0 aliphatic rings. The van der Waals surface area contributed by atoms with Gasteiger partial charge in [0, 0.05) is 6.07 Å². The Balaban J connectivity index is 1.63. The van der Waals surface area contributed by atoms with Crippen LogP contribution in [-0.2, 0) is 6.61 Å². The van der Waals surface area contributed by atoms with Gasteiger partial charge in [0.2, 0.25) is 11.2 Å². The first-order valence-electron chi connectivity index (χ1n) is 9.61. The molecule has 4 rings (SSSR count). The molecule has 0 bridgehead atoms. The van der Waals surface area contributed by atoms with Crippen molar-refractivity contribution in [3.8, 4) is 17.2 Å². The van der Waals surface area contributed by atoms with Crippen molar-refractivity contribution >= 4 is 26.9 Å². The monoisotopic (exact) mass is 464 g/mol. The van der Waals surface area contributed by atoms with Gasteiger partial charge in [-0.3, -0.25) is 4.79 Å². The zero-order valence-corrected chi connectivity index (χ0v) is 18.6. The van der Waals surface area contributed by atoms with Crippen molar-refractivity contribution in [2.75, 3.05) is 0 Å². The molecule has 4 aromatic rings. The summed E-state index contributed by atoms with van der Waals surface area (Å²) in [7, 11) is 0. The van der Waals surface area contributed by atoms with E-state index in [4.69, 9.17) is 13.9 Å². The van der Waals surface area contributed by atoms with Crippen LogP contribution in [0.15, 0.2) is 74.3 Å². The molecule has 152 valence electrons. The summed E-state index contributed by atoms with van der Waals surface area (Å²) >= 11 is 3.43. The number of halogens is 1. The second kappa shape index (κ2) is 8.36. The Bertz CT molecular complexity index is 1290. The van der Waals surface area contributed by atoms with Crippen LogP contribution in [-0.4, -0.2) is 0 Å². The van der Waals surface area contributed by atoms with Crippen molar-refractivity contribution in [2.45, 2.75) is 27.4 Å². The third kappa shape index (κ3) is 4.12. The summed E-state index contributed by atoms with van der Waals surface area (Å²) in [6.07, 6.45) is 0. The van der Waals surface area contributed by atoms with Crippen LogP contribution in [0.25, 0.3) is 11.0 Å². The predicted octanol–water partition coefficient (Wildman–Crippen LogP) is 6.85. The summed E-state index contributed by atoms with van der Waals surface area (Å²) in [6.45, 7) is 6.29. The minimum Gasteiger partial charge on any atom is -0.489 e. The van der Waals surface area contributed by atoms with E-state index in [0.717, 1.165) is 10.0 Å². The van der Waals surface area contributed by atoms with E-state index in [1.54, 1.807) is 31.2 Å². The van der Waals surface area contributed by atoms with Crippen molar-refractivity contribution in [3.63, 3.8) is 0 Å². The molecule has 0 aliphatic carbocycles. The molecule has 30 heavy (non-hydrogen) atoms. The van der Waals surface area contributed by atoms with E-state index >= 15 is 0 Å². The van der Waals surface area contributed by atoms with E-state index in [2.05, 4.69) is 48.0 Å². The minimum atomic E-state index is -0.217. The van der Waals surface area contributed by atoms with Crippen molar-refractivity contribution in [1.29, 1.82) is 0 Å². The van der Waals surface area contributed by atoms with Gasteiger partial charge in [0.25, 0.3) is 0 Å². The fraction of sp³-hybridized carbons (Fsp3) is 0.160. The maximum absolute atomic E-state index is 13.0. The van der Waals surface area contributed by atoms with Gasteiger partial charge in [0.05, 0.1) is 9.86 Å². The zero-order valence-electron chi connectivity index (χ0n) is 17.0. The molecule has 4 nitrogen and oxygen atoms in total. The molecule has 0 atom stereocenters. The lowest BCUT2D eigenvalue weighted by molar-refractivity contribution is 0.305. The molecular weight excluding hydrogens is 444 g/mol. The molecule has 3 aromatic carbocycles. The lowest BCUT2D eigenvalue weighted by Gasteiger charge is -2.12. The van der Waals surface area contributed by atoms with Crippen molar-refractivity contribution in [1.82, 2.24) is 0 Å². The first-order chi connectivity index (χ1) is 14.4. The van der Waals surface area contributed by atoms with Gasteiger partial charge in [-0.05, 0) is 72.1 Å². The van der Waals surface area contributed by atoms with Crippen molar-refractivity contribution in [2.24, 2.45) is 0 Å². The van der Waals surface area contributed by atoms with Crippen LogP contribution in [0.2, 0.25) is 0 Å². The molecule has 0 radical (unpaired) electrons. The van der Waals surface area contributed by atoms with Crippen LogP contribution in [0.3, 0.4) is 0 Å². The molecule has 0 spiro atoms. The van der Waals surface area contributed by atoms with Crippen LogP contribution in [0.5, 0.6) is 17.2 Å². The highest BCUT2D eigenvalue weighted by Crippen LogP contribution is 2.31. The first-order valence-corrected chi connectivity index (χ1v) is 10.4. The van der Waals surface area contributed by atoms with Gasteiger partial charge in [0.15, 0.2) is 0 Å². The predicted molar refractivity (Wildman–Crippen MR) is 122 cm³/mol. The highest BCUT2D eigenvalue weighted by Gasteiger charge is 2.15. The zero-order chi connectivity index (χ0) is 21.3. The molecule has 0 saturated carbocycles. The van der Waals surface area contributed by atoms with Crippen LogP contribution in [0.4, 0.5) is 0 Å². The molecule has 0 saturated heterocycles. The second-order valence-corrected chi connectivity index (χ2v) is 8.08. The summed E-state index contributed by atoms with van der Waals surface area (Å²) in [4.78, 5) is 13.0. The molecule has 0 aliphatic heterocycles. The Morgan fingerprint density at radius 1 is 0.967 bits per heavy atom. The topological polar surface area (TPSA) is 48.7 Å². The quantitative estimate of drug-likeness (QED) is 0.323. The highest BCUT2D eigenvalue weighted by molar-refractivity contribution is 9.10. The van der Waals surface area contributed by atoms with Gasteiger partial charge in [0.1, 0.15) is 29.4 Å². The average Bonchev–Trinajstić information content (AvgIpc) is 2.73. The van der Waals surface area contributed by atoms with Crippen molar-refractivity contribution < 1.29 is 13.9 Å². The number of aryl methyl sites for hydroxylation is 3. The summed E-state index contributed by atoms with van der Waals surface area (Å²) in [5, 5.41) is 0.446. The van der Waals surface area contributed by atoms with Gasteiger partial charge < -0.3 is 13.9 Å². The van der Waals surface area contributed by atoms with E-state index in [1.165, 1.54) is 11.1 Å². The Kier molecular flexibility index (Phi) is 5.64. The molecule has 0 amide bonds. The fourth-order valence-corrected chi connectivity index (χ4v) is 3.60. The van der Waals surface area contributed by atoms with E-state index in [-0.39, 0.29) is 11.2 Å². The van der Waals surface area contributed by atoms with Crippen LogP contribution in [0.1, 0.15) is 22.5 Å². The van der Waals surface area contributed by atoms with Gasteiger partial charge >= 0.3 is 0 Å². The molecule has 1 aromatic heterocycles. The molecule has 0 fully saturated rings. The van der Waals surface area contributed by atoms with E-state index in [1.807, 2.05) is 18.2 Å². The smallest absolute Gasteiger partial charge is 0.235 e. The van der Waals surface area contributed by atoms with Gasteiger partial charge in [-0.1, -0.05) is 35.9 Å². The summed E-state index contributed by atoms with van der Waals surface area (Å²) in [6, 6.07) is 18.9. The van der Waals surface area contributed by atoms with Gasteiger partial charge in [-0.25, -0.2) is 0 Å². The second-order valence-electron chi connectivity index (χ2n) is 7.23. The Hall–Kier alpha value is -3.05. The largest absolute Gasteiger partial charge is 0.489 e. The van der Waals surface area contributed by atoms with Crippen molar-refractivity contribution in [3.05, 3.63) is 97.8 Å². The number of hydrogen-bond donors (Lipinski definition) is 0. The third-order valence-electron chi connectivity index (χ3n) is 4.93. The standard InChI is InChI=1S/C25H21BrO4/c1-15-8-9-16(2)18(12-15)14-28-19-10-11-20-23(13-19)29-17(3)25(24(20)27)30-22-7-5-4-6-21(22)26/h4-13H,14H2,1-3H3. The van der Waals surface area contributed by atoms with E-state index < -0.39 is 0 Å². The molecule has 5 heteroatoms. The van der Waals surface area contributed by atoms with Crippen LogP contribution < -0.4 is 14.9 Å². The van der Waals surface area contributed by atoms with Gasteiger partial charge in [-0.15, -0.1) is 0 Å². The third-order valence-corrected chi connectivity index (χ3v) is 5.59. The first kappa shape index (κ1) is 20.2. The molecular formula is C25H21BrO4. The fourth-order valence-electron chi connectivity index (χ4n) is 3.23. The average molecular weight is 465 g/mol. The van der Waals surface area contributed by atoms with Crippen LogP contribution >= 0.6 is 15.9 Å². The Morgan fingerprint density at radius 3 is 2.57 bits per heavy atom. The van der Waals surface area contributed by atoms with E-state index in [9.17, 15) is 4.79 Å². The lowest BCUT2D eigenvalue weighted by atomic mass is 10.1. The molecule has 0 N–H and O–H groups in total. The lowest BCUT2D eigenvalue weighted by Crippen LogP contribution is -2.08. The number of fused-ring (bicyclic) bond motifs is 1.